The lowest BCUT2D eigenvalue weighted by Gasteiger charge is -2.03. The fourth-order valence-electron chi connectivity index (χ4n) is 1.53. The van der Waals surface area contributed by atoms with Crippen LogP contribution in [0.1, 0.15) is 30.4 Å². The molecule has 0 aliphatic carbocycles. The molecule has 0 aliphatic rings. The lowest BCUT2D eigenvalue weighted by molar-refractivity contribution is 0.144. The first-order valence-electron chi connectivity index (χ1n) is 5.58. The smallest absolute Gasteiger partial charge is 0.105 e. The van der Waals surface area contributed by atoms with Crippen molar-refractivity contribution in [1.29, 1.82) is 0 Å². The van der Waals surface area contributed by atoms with Crippen molar-refractivity contribution in [2.45, 2.75) is 33.7 Å². The molecule has 86 valence electrons. The first kappa shape index (κ1) is 12.3. The molecule has 1 rings (SSSR count). The molecule has 0 aliphatic heterocycles. The highest BCUT2D eigenvalue weighted by atomic mass is 16.5. The predicted molar refractivity (Wildman–Crippen MR) is 61.0 cm³/mol. The summed E-state index contributed by atoms with van der Waals surface area (Å²) in [4.78, 5) is 0. The molecule has 0 aromatic carbocycles. The summed E-state index contributed by atoms with van der Waals surface area (Å²) in [5.74, 6) is 2.00. The van der Waals surface area contributed by atoms with E-state index in [4.69, 9.17) is 9.15 Å². The SMILES string of the molecule is CCOCCCNCc1cc(C)oc1C. The molecule has 1 aromatic heterocycles. The quantitative estimate of drug-likeness (QED) is 0.703. The molecule has 0 atom stereocenters. The molecule has 1 heterocycles. The van der Waals surface area contributed by atoms with Crippen molar-refractivity contribution in [3.05, 3.63) is 23.2 Å². The van der Waals surface area contributed by atoms with Crippen molar-refractivity contribution in [3.8, 4) is 0 Å². The molecule has 3 nitrogen and oxygen atoms in total. The molecule has 0 amide bonds. The van der Waals surface area contributed by atoms with Gasteiger partial charge in [0.1, 0.15) is 11.5 Å². The van der Waals surface area contributed by atoms with E-state index in [1.807, 2.05) is 20.8 Å². The average Bonchev–Trinajstić information content (AvgIpc) is 2.51. The van der Waals surface area contributed by atoms with E-state index in [9.17, 15) is 0 Å². The van der Waals surface area contributed by atoms with E-state index < -0.39 is 0 Å². The van der Waals surface area contributed by atoms with Crippen molar-refractivity contribution >= 4 is 0 Å². The Labute approximate surface area is 91.8 Å². The van der Waals surface area contributed by atoms with E-state index in [1.54, 1.807) is 0 Å². The van der Waals surface area contributed by atoms with Crippen LogP contribution in [-0.2, 0) is 11.3 Å². The predicted octanol–water partition coefficient (Wildman–Crippen LogP) is 2.41. The van der Waals surface area contributed by atoms with E-state index in [1.165, 1.54) is 5.56 Å². The van der Waals surface area contributed by atoms with Gasteiger partial charge in [-0.2, -0.15) is 0 Å². The summed E-state index contributed by atoms with van der Waals surface area (Å²) in [6.07, 6.45) is 1.06. The number of nitrogens with one attached hydrogen (secondary N) is 1. The van der Waals surface area contributed by atoms with E-state index in [-0.39, 0.29) is 0 Å². The summed E-state index contributed by atoms with van der Waals surface area (Å²) in [5.41, 5.74) is 1.25. The second-order valence-corrected chi connectivity index (χ2v) is 3.67. The minimum absolute atomic E-state index is 0.806. The van der Waals surface area contributed by atoms with Gasteiger partial charge in [-0.15, -0.1) is 0 Å². The number of hydrogen-bond acceptors (Lipinski definition) is 3. The summed E-state index contributed by atoms with van der Waals surface area (Å²) >= 11 is 0. The Morgan fingerprint density at radius 1 is 1.40 bits per heavy atom. The van der Waals surface area contributed by atoms with Gasteiger partial charge in [0.05, 0.1) is 0 Å². The Bertz CT molecular complexity index is 281. The summed E-state index contributed by atoms with van der Waals surface area (Å²) in [6.45, 7) is 9.52. The van der Waals surface area contributed by atoms with Crippen LogP contribution in [0, 0.1) is 13.8 Å². The van der Waals surface area contributed by atoms with Gasteiger partial charge in [0.2, 0.25) is 0 Å². The van der Waals surface area contributed by atoms with Crippen molar-refractivity contribution in [1.82, 2.24) is 5.32 Å². The first-order valence-corrected chi connectivity index (χ1v) is 5.58. The molecule has 0 fully saturated rings. The maximum Gasteiger partial charge on any atom is 0.105 e. The van der Waals surface area contributed by atoms with Gasteiger partial charge in [0.15, 0.2) is 0 Å². The van der Waals surface area contributed by atoms with Gasteiger partial charge in [0, 0.05) is 25.3 Å². The summed E-state index contributed by atoms with van der Waals surface area (Å²) in [6, 6.07) is 2.09. The third-order valence-electron chi connectivity index (χ3n) is 2.31. The van der Waals surface area contributed by atoms with Gasteiger partial charge in [-0.1, -0.05) is 0 Å². The average molecular weight is 211 g/mol. The fraction of sp³-hybridized carbons (Fsp3) is 0.667. The Morgan fingerprint density at radius 2 is 2.20 bits per heavy atom. The lowest BCUT2D eigenvalue weighted by atomic mass is 10.2. The van der Waals surface area contributed by atoms with Crippen LogP contribution in [-0.4, -0.2) is 19.8 Å². The lowest BCUT2D eigenvalue weighted by Crippen LogP contribution is -2.16. The molecule has 0 saturated carbocycles. The first-order chi connectivity index (χ1) is 7.24. The third-order valence-corrected chi connectivity index (χ3v) is 2.31. The zero-order valence-electron chi connectivity index (χ0n) is 9.93. The Kier molecular flexibility index (Phi) is 5.43. The van der Waals surface area contributed by atoms with Gasteiger partial charge in [-0.05, 0) is 39.8 Å². The van der Waals surface area contributed by atoms with Crippen LogP contribution in [0.3, 0.4) is 0 Å². The minimum atomic E-state index is 0.806. The highest BCUT2D eigenvalue weighted by Crippen LogP contribution is 2.12. The standard InChI is InChI=1S/C12H21NO2/c1-4-14-7-5-6-13-9-12-8-10(2)15-11(12)3/h8,13H,4-7,9H2,1-3H3. The molecule has 15 heavy (non-hydrogen) atoms. The van der Waals surface area contributed by atoms with Crippen molar-refractivity contribution in [3.63, 3.8) is 0 Å². The van der Waals surface area contributed by atoms with Crippen LogP contribution in [0.2, 0.25) is 0 Å². The van der Waals surface area contributed by atoms with E-state index in [0.29, 0.717) is 0 Å². The number of furan rings is 1. The van der Waals surface area contributed by atoms with Gasteiger partial charge < -0.3 is 14.5 Å². The third kappa shape index (κ3) is 4.49. The second-order valence-electron chi connectivity index (χ2n) is 3.67. The number of hydrogen-bond donors (Lipinski definition) is 1. The molecule has 0 bridgehead atoms. The van der Waals surface area contributed by atoms with Crippen LogP contribution >= 0.6 is 0 Å². The van der Waals surface area contributed by atoms with Gasteiger partial charge in [-0.3, -0.25) is 0 Å². The highest BCUT2D eigenvalue weighted by Gasteiger charge is 2.02. The monoisotopic (exact) mass is 211 g/mol. The largest absolute Gasteiger partial charge is 0.466 e. The highest BCUT2D eigenvalue weighted by molar-refractivity contribution is 5.19. The number of aryl methyl sites for hydroxylation is 2. The molecule has 0 saturated heterocycles. The molecular weight excluding hydrogens is 190 g/mol. The zero-order valence-corrected chi connectivity index (χ0v) is 9.93. The van der Waals surface area contributed by atoms with E-state index in [2.05, 4.69) is 11.4 Å². The second kappa shape index (κ2) is 6.64. The van der Waals surface area contributed by atoms with Gasteiger partial charge in [0.25, 0.3) is 0 Å². The Balaban J connectivity index is 2.12. The van der Waals surface area contributed by atoms with Crippen molar-refractivity contribution < 1.29 is 9.15 Å². The Morgan fingerprint density at radius 3 is 2.80 bits per heavy atom. The zero-order chi connectivity index (χ0) is 11.1. The molecule has 1 N–H and O–H groups in total. The van der Waals surface area contributed by atoms with Crippen LogP contribution < -0.4 is 5.32 Å². The summed E-state index contributed by atoms with van der Waals surface area (Å²) in [7, 11) is 0. The van der Waals surface area contributed by atoms with Crippen LogP contribution in [0.25, 0.3) is 0 Å². The normalized spacial score (nSPS) is 10.9. The maximum atomic E-state index is 5.45. The van der Waals surface area contributed by atoms with Crippen LogP contribution in [0.15, 0.2) is 10.5 Å². The molecule has 0 spiro atoms. The fourth-order valence-corrected chi connectivity index (χ4v) is 1.53. The molecule has 3 heteroatoms. The summed E-state index contributed by atoms with van der Waals surface area (Å²) in [5, 5.41) is 3.37. The number of ether oxygens (including phenoxy) is 1. The Hall–Kier alpha value is -0.800. The minimum Gasteiger partial charge on any atom is -0.466 e. The van der Waals surface area contributed by atoms with Gasteiger partial charge in [-0.25, -0.2) is 0 Å². The van der Waals surface area contributed by atoms with Crippen LogP contribution in [0.4, 0.5) is 0 Å². The van der Waals surface area contributed by atoms with Crippen molar-refractivity contribution in [2.75, 3.05) is 19.8 Å². The van der Waals surface area contributed by atoms with Crippen LogP contribution in [0.5, 0.6) is 0 Å². The van der Waals surface area contributed by atoms with E-state index in [0.717, 1.165) is 44.2 Å². The van der Waals surface area contributed by atoms with E-state index >= 15 is 0 Å². The molecular formula is C12H21NO2. The maximum absolute atomic E-state index is 5.45. The molecule has 1 aromatic rings. The van der Waals surface area contributed by atoms with Crippen molar-refractivity contribution in [2.24, 2.45) is 0 Å². The summed E-state index contributed by atoms with van der Waals surface area (Å²) < 4.78 is 10.7. The number of rotatable bonds is 7. The van der Waals surface area contributed by atoms with Gasteiger partial charge >= 0.3 is 0 Å². The molecule has 0 radical (unpaired) electrons. The molecule has 0 unspecified atom stereocenters. The topological polar surface area (TPSA) is 34.4 Å².